The molecule has 24 heavy (non-hydrogen) atoms. The Morgan fingerprint density at radius 2 is 2.08 bits per heavy atom. The molecule has 0 saturated carbocycles. The molecule has 0 atom stereocenters. The zero-order valence-electron chi connectivity index (χ0n) is 14.4. The van der Waals surface area contributed by atoms with Gasteiger partial charge >= 0.3 is 0 Å². The Hall–Kier alpha value is -2.27. The van der Waals surface area contributed by atoms with Gasteiger partial charge in [-0.05, 0) is 50.6 Å². The van der Waals surface area contributed by atoms with Gasteiger partial charge in [-0.3, -0.25) is 4.79 Å². The summed E-state index contributed by atoms with van der Waals surface area (Å²) in [4.78, 5) is 13.8. The van der Waals surface area contributed by atoms with Crippen LogP contribution in [0.3, 0.4) is 0 Å². The number of amides is 1. The van der Waals surface area contributed by atoms with Crippen molar-refractivity contribution >= 4 is 27.5 Å². The largest absolute Gasteiger partial charge is 0.497 e. The first-order valence-electron chi connectivity index (χ1n) is 8.01. The van der Waals surface area contributed by atoms with E-state index in [-0.39, 0.29) is 11.9 Å². The molecule has 0 spiro atoms. The third-order valence-electron chi connectivity index (χ3n) is 3.84. The number of rotatable bonds is 5. The van der Waals surface area contributed by atoms with E-state index in [1.807, 2.05) is 38.1 Å². The van der Waals surface area contributed by atoms with Gasteiger partial charge < -0.3 is 14.6 Å². The van der Waals surface area contributed by atoms with Crippen LogP contribution in [0.15, 0.2) is 36.4 Å². The van der Waals surface area contributed by atoms with Crippen LogP contribution in [0.4, 0.5) is 0 Å². The van der Waals surface area contributed by atoms with Crippen molar-refractivity contribution < 1.29 is 9.53 Å². The number of benzene rings is 1. The SMILES string of the molecule is COc1cccc(Cn2c(C(=O)NC(C)C)cc3sc(C)cc32)c1. The monoisotopic (exact) mass is 342 g/mol. The number of hydrogen-bond acceptors (Lipinski definition) is 3. The summed E-state index contributed by atoms with van der Waals surface area (Å²) in [7, 11) is 1.66. The summed E-state index contributed by atoms with van der Waals surface area (Å²) in [5.74, 6) is 0.791. The zero-order valence-corrected chi connectivity index (χ0v) is 15.2. The van der Waals surface area contributed by atoms with E-state index in [1.54, 1.807) is 18.4 Å². The van der Waals surface area contributed by atoms with E-state index in [1.165, 1.54) is 4.88 Å². The lowest BCUT2D eigenvalue weighted by Crippen LogP contribution is -2.31. The van der Waals surface area contributed by atoms with Crippen molar-refractivity contribution in [3.05, 3.63) is 52.5 Å². The molecule has 0 fully saturated rings. The fourth-order valence-corrected chi connectivity index (χ4v) is 3.77. The van der Waals surface area contributed by atoms with Crippen LogP contribution >= 0.6 is 11.3 Å². The predicted octanol–water partition coefficient (Wildman–Crippen LogP) is 4.21. The molecule has 0 radical (unpaired) electrons. The van der Waals surface area contributed by atoms with Crippen LogP contribution in [0.5, 0.6) is 5.75 Å². The van der Waals surface area contributed by atoms with E-state index in [2.05, 4.69) is 28.9 Å². The molecule has 0 bridgehead atoms. The Morgan fingerprint density at radius 3 is 2.79 bits per heavy atom. The molecule has 2 heterocycles. The predicted molar refractivity (Wildman–Crippen MR) is 99.3 cm³/mol. The van der Waals surface area contributed by atoms with E-state index < -0.39 is 0 Å². The maximum absolute atomic E-state index is 12.6. The van der Waals surface area contributed by atoms with Gasteiger partial charge in [0, 0.05) is 17.5 Å². The molecular weight excluding hydrogens is 320 g/mol. The Morgan fingerprint density at radius 1 is 1.29 bits per heavy atom. The molecule has 1 aromatic carbocycles. The molecule has 2 aromatic heterocycles. The van der Waals surface area contributed by atoms with E-state index in [9.17, 15) is 4.79 Å². The Balaban J connectivity index is 2.04. The maximum Gasteiger partial charge on any atom is 0.268 e. The van der Waals surface area contributed by atoms with Crippen molar-refractivity contribution in [2.24, 2.45) is 0 Å². The summed E-state index contributed by atoms with van der Waals surface area (Å²) < 4.78 is 8.54. The second-order valence-corrected chi connectivity index (χ2v) is 7.49. The number of nitrogens with one attached hydrogen (secondary N) is 1. The minimum absolute atomic E-state index is 0.0334. The van der Waals surface area contributed by atoms with Crippen molar-refractivity contribution in [1.29, 1.82) is 0 Å². The van der Waals surface area contributed by atoms with Gasteiger partial charge in [-0.2, -0.15) is 0 Å². The lowest BCUT2D eigenvalue weighted by Gasteiger charge is -2.13. The van der Waals surface area contributed by atoms with Crippen molar-refractivity contribution in [2.75, 3.05) is 7.11 Å². The van der Waals surface area contributed by atoms with Gasteiger partial charge in [0.1, 0.15) is 11.4 Å². The number of carbonyl (C=O) groups is 1. The minimum atomic E-state index is -0.0334. The lowest BCUT2D eigenvalue weighted by atomic mass is 10.2. The highest BCUT2D eigenvalue weighted by atomic mass is 32.1. The van der Waals surface area contributed by atoms with Crippen molar-refractivity contribution in [3.63, 3.8) is 0 Å². The number of nitrogens with zero attached hydrogens (tertiary/aromatic N) is 1. The summed E-state index contributed by atoms with van der Waals surface area (Å²) in [6.07, 6.45) is 0. The Labute approximate surface area is 146 Å². The highest BCUT2D eigenvalue weighted by molar-refractivity contribution is 7.19. The van der Waals surface area contributed by atoms with Gasteiger partial charge in [0.15, 0.2) is 0 Å². The van der Waals surface area contributed by atoms with Gasteiger partial charge in [-0.1, -0.05) is 12.1 Å². The summed E-state index contributed by atoms with van der Waals surface area (Å²) in [6, 6.07) is 12.2. The van der Waals surface area contributed by atoms with Crippen LogP contribution in [0.2, 0.25) is 0 Å². The van der Waals surface area contributed by atoms with E-state index in [0.717, 1.165) is 21.5 Å². The molecule has 5 heteroatoms. The first-order chi connectivity index (χ1) is 11.5. The number of carbonyl (C=O) groups excluding carboxylic acids is 1. The summed E-state index contributed by atoms with van der Waals surface area (Å²) >= 11 is 1.72. The van der Waals surface area contributed by atoms with Crippen LogP contribution in [0, 0.1) is 6.92 Å². The molecule has 0 aliphatic carbocycles. The number of fused-ring (bicyclic) bond motifs is 1. The molecule has 126 valence electrons. The Bertz CT molecular complexity index is 877. The fraction of sp³-hybridized carbons (Fsp3) is 0.316. The van der Waals surface area contributed by atoms with Crippen LogP contribution in [-0.4, -0.2) is 23.6 Å². The third-order valence-corrected chi connectivity index (χ3v) is 4.83. The molecule has 4 nitrogen and oxygen atoms in total. The second kappa shape index (κ2) is 6.69. The minimum Gasteiger partial charge on any atom is -0.497 e. The van der Waals surface area contributed by atoms with Crippen molar-refractivity contribution in [1.82, 2.24) is 9.88 Å². The number of ether oxygens (including phenoxy) is 1. The average molecular weight is 342 g/mol. The normalized spacial score (nSPS) is 11.2. The van der Waals surface area contributed by atoms with Gasteiger partial charge in [-0.25, -0.2) is 0 Å². The van der Waals surface area contributed by atoms with Crippen LogP contribution in [0.25, 0.3) is 10.2 Å². The van der Waals surface area contributed by atoms with Gasteiger partial charge in [0.25, 0.3) is 5.91 Å². The van der Waals surface area contributed by atoms with E-state index in [0.29, 0.717) is 12.2 Å². The third kappa shape index (κ3) is 3.31. The number of thiophene rings is 1. The van der Waals surface area contributed by atoms with Gasteiger partial charge in [0.2, 0.25) is 0 Å². The molecule has 1 amide bonds. The van der Waals surface area contributed by atoms with Crippen molar-refractivity contribution in [2.45, 2.75) is 33.4 Å². The molecular formula is C19H22N2O2S. The molecule has 3 rings (SSSR count). The topological polar surface area (TPSA) is 43.3 Å². The van der Waals surface area contributed by atoms with Crippen molar-refractivity contribution in [3.8, 4) is 5.75 Å². The van der Waals surface area contributed by atoms with E-state index in [4.69, 9.17) is 4.74 Å². The average Bonchev–Trinajstić information content (AvgIpc) is 3.04. The smallest absolute Gasteiger partial charge is 0.268 e. The quantitative estimate of drug-likeness (QED) is 0.755. The first kappa shape index (κ1) is 16.6. The lowest BCUT2D eigenvalue weighted by molar-refractivity contribution is 0.0934. The highest BCUT2D eigenvalue weighted by Crippen LogP contribution is 2.30. The molecule has 3 aromatic rings. The Kier molecular flexibility index (Phi) is 4.62. The number of hydrogen-bond donors (Lipinski definition) is 1. The summed E-state index contributed by atoms with van der Waals surface area (Å²) in [6.45, 7) is 6.67. The standard InChI is InChI=1S/C19H22N2O2S/c1-12(2)20-19(22)17-10-18-16(8-13(3)24-18)21(17)11-14-6-5-7-15(9-14)23-4/h5-10,12H,11H2,1-4H3,(H,20,22). The first-order valence-corrected chi connectivity index (χ1v) is 8.83. The summed E-state index contributed by atoms with van der Waals surface area (Å²) in [5.41, 5.74) is 2.91. The zero-order chi connectivity index (χ0) is 17.3. The molecule has 0 saturated heterocycles. The molecule has 1 N–H and O–H groups in total. The fourth-order valence-electron chi connectivity index (χ4n) is 2.81. The second-order valence-electron chi connectivity index (χ2n) is 6.20. The van der Waals surface area contributed by atoms with Gasteiger partial charge in [-0.15, -0.1) is 11.3 Å². The van der Waals surface area contributed by atoms with Crippen LogP contribution < -0.4 is 10.1 Å². The van der Waals surface area contributed by atoms with Gasteiger partial charge in [0.05, 0.1) is 17.3 Å². The molecule has 0 aliphatic rings. The molecule has 0 unspecified atom stereocenters. The van der Waals surface area contributed by atoms with E-state index >= 15 is 0 Å². The maximum atomic E-state index is 12.6. The highest BCUT2D eigenvalue weighted by Gasteiger charge is 2.18. The number of aromatic nitrogens is 1. The van der Waals surface area contributed by atoms with Crippen LogP contribution in [0.1, 0.15) is 34.8 Å². The molecule has 0 aliphatic heterocycles. The summed E-state index contributed by atoms with van der Waals surface area (Å²) in [5, 5.41) is 2.99. The number of methoxy groups -OCH3 is 1. The number of aryl methyl sites for hydroxylation is 1. The van der Waals surface area contributed by atoms with Crippen LogP contribution in [-0.2, 0) is 6.54 Å².